The van der Waals surface area contributed by atoms with Crippen molar-refractivity contribution < 1.29 is 14.6 Å². The lowest BCUT2D eigenvalue weighted by molar-refractivity contribution is -0.138. The molecule has 0 aliphatic rings. The highest BCUT2D eigenvalue weighted by Gasteiger charge is 2.12. The van der Waals surface area contributed by atoms with E-state index >= 15 is 0 Å². The van der Waals surface area contributed by atoms with Crippen LogP contribution in [0.25, 0.3) is 0 Å². The maximum Gasteiger partial charge on any atom is 0.320 e. The smallest absolute Gasteiger partial charge is 0.320 e. The van der Waals surface area contributed by atoms with Crippen LogP contribution in [0, 0.1) is 0 Å². The minimum Gasteiger partial charge on any atom is -0.495 e. The average Bonchev–Trinajstić information content (AvgIpc) is 2.18. The van der Waals surface area contributed by atoms with E-state index in [1.807, 2.05) is 0 Å². The fraction of sp³-hybridized carbons (Fsp3) is 0.300. The number of halogens is 1. The first-order valence-electron chi connectivity index (χ1n) is 4.35. The molecule has 0 amide bonds. The van der Waals surface area contributed by atoms with Crippen LogP contribution in [0.2, 0.25) is 5.02 Å². The second kappa shape index (κ2) is 5.00. The Morgan fingerprint density at radius 3 is 2.80 bits per heavy atom. The van der Waals surface area contributed by atoms with Gasteiger partial charge in [0.15, 0.2) is 0 Å². The quantitative estimate of drug-likeness (QED) is 0.817. The highest BCUT2D eigenvalue weighted by Crippen LogP contribution is 2.25. The number of rotatable bonds is 4. The molecule has 3 N–H and O–H groups in total. The van der Waals surface area contributed by atoms with Crippen molar-refractivity contribution in [2.45, 2.75) is 12.5 Å². The summed E-state index contributed by atoms with van der Waals surface area (Å²) in [6, 6.07) is 4.18. The van der Waals surface area contributed by atoms with Crippen molar-refractivity contribution in [3.8, 4) is 5.75 Å². The van der Waals surface area contributed by atoms with Gasteiger partial charge in [-0.2, -0.15) is 0 Å². The zero-order valence-corrected chi connectivity index (χ0v) is 8.99. The predicted molar refractivity (Wildman–Crippen MR) is 57.3 cm³/mol. The number of carboxylic acid groups (broad SMARTS) is 1. The van der Waals surface area contributed by atoms with E-state index in [1.165, 1.54) is 7.11 Å². The van der Waals surface area contributed by atoms with Crippen molar-refractivity contribution >= 4 is 17.6 Å². The van der Waals surface area contributed by atoms with Crippen LogP contribution in [-0.2, 0) is 11.2 Å². The van der Waals surface area contributed by atoms with Gasteiger partial charge in [-0.05, 0) is 24.1 Å². The molecule has 0 saturated carbocycles. The van der Waals surface area contributed by atoms with E-state index in [-0.39, 0.29) is 6.42 Å². The van der Waals surface area contributed by atoms with Crippen molar-refractivity contribution in [3.63, 3.8) is 0 Å². The minimum absolute atomic E-state index is 0.249. The molecule has 5 heteroatoms. The largest absolute Gasteiger partial charge is 0.495 e. The molecule has 0 unspecified atom stereocenters. The number of carbonyl (C=O) groups is 1. The molecule has 0 aromatic heterocycles. The van der Waals surface area contributed by atoms with Crippen molar-refractivity contribution in [3.05, 3.63) is 28.8 Å². The van der Waals surface area contributed by atoms with E-state index in [4.69, 9.17) is 27.2 Å². The predicted octanol–water partition coefficient (Wildman–Crippen LogP) is 1.30. The number of aliphatic carboxylic acids is 1. The van der Waals surface area contributed by atoms with Gasteiger partial charge in [0.25, 0.3) is 0 Å². The number of ether oxygens (including phenoxy) is 1. The monoisotopic (exact) mass is 229 g/mol. The molecule has 0 bridgehead atoms. The van der Waals surface area contributed by atoms with Crippen LogP contribution in [0.15, 0.2) is 18.2 Å². The summed E-state index contributed by atoms with van der Waals surface area (Å²) < 4.78 is 4.97. The van der Waals surface area contributed by atoms with Crippen molar-refractivity contribution in [2.24, 2.45) is 5.73 Å². The lowest BCUT2D eigenvalue weighted by Crippen LogP contribution is -2.32. The Balaban J connectivity index is 2.79. The first kappa shape index (κ1) is 11.8. The number of carboxylic acids is 1. The molecule has 0 fully saturated rings. The molecular weight excluding hydrogens is 218 g/mol. The van der Waals surface area contributed by atoms with E-state index < -0.39 is 12.0 Å². The summed E-state index contributed by atoms with van der Waals surface area (Å²) in [6.45, 7) is 0. The van der Waals surface area contributed by atoms with Crippen LogP contribution in [0.4, 0.5) is 0 Å². The molecule has 1 atom stereocenters. The molecule has 0 heterocycles. The van der Waals surface area contributed by atoms with Crippen LogP contribution in [0.3, 0.4) is 0 Å². The summed E-state index contributed by atoms with van der Waals surface area (Å²) in [6.07, 6.45) is 0.249. The van der Waals surface area contributed by atoms with Crippen molar-refractivity contribution in [1.82, 2.24) is 0 Å². The molecule has 1 aromatic rings. The number of nitrogens with two attached hydrogens (primary N) is 1. The maximum absolute atomic E-state index is 10.5. The first-order valence-corrected chi connectivity index (χ1v) is 4.73. The molecule has 82 valence electrons. The molecule has 1 aromatic carbocycles. The third-order valence-corrected chi connectivity index (χ3v) is 2.28. The summed E-state index contributed by atoms with van der Waals surface area (Å²) in [5.74, 6) is -0.466. The third kappa shape index (κ3) is 3.11. The van der Waals surface area contributed by atoms with Gasteiger partial charge in [0.05, 0.1) is 12.1 Å². The Labute approximate surface area is 92.6 Å². The normalized spacial score (nSPS) is 12.2. The van der Waals surface area contributed by atoms with E-state index in [2.05, 4.69) is 0 Å². The summed E-state index contributed by atoms with van der Waals surface area (Å²) >= 11 is 5.88. The number of hydrogen-bond acceptors (Lipinski definition) is 3. The molecular formula is C10H12ClNO3. The minimum atomic E-state index is -1.03. The van der Waals surface area contributed by atoms with Crippen LogP contribution in [0.1, 0.15) is 5.56 Å². The van der Waals surface area contributed by atoms with Gasteiger partial charge in [0.2, 0.25) is 0 Å². The zero-order valence-electron chi connectivity index (χ0n) is 8.24. The van der Waals surface area contributed by atoms with Crippen molar-refractivity contribution in [1.29, 1.82) is 0 Å². The third-order valence-electron chi connectivity index (χ3n) is 1.99. The highest BCUT2D eigenvalue weighted by atomic mass is 35.5. The molecule has 0 saturated heterocycles. The second-order valence-electron chi connectivity index (χ2n) is 3.12. The van der Waals surface area contributed by atoms with Gasteiger partial charge in [-0.25, -0.2) is 0 Å². The van der Waals surface area contributed by atoms with Gasteiger partial charge in [0, 0.05) is 0 Å². The second-order valence-corrected chi connectivity index (χ2v) is 3.52. The molecule has 15 heavy (non-hydrogen) atoms. The van der Waals surface area contributed by atoms with Crippen LogP contribution >= 0.6 is 11.6 Å². The fourth-order valence-electron chi connectivity index (χ4n) is 1.18. The van der Waals surface area contributed by atoms with E-state index in [0.717, 1.165) is 5.56 Å². The van der Waals surface area contributed by atoms with Gasteiger partial charge < -0.3 is 15.6 Å². The van der Waals surface area contributed by atoms with E-state index in [0.29, 0.717) is 10.8 Å². The Bertz CT molecular complexity index is 368. The Hall–Kier alpha value is -1.26. The lowest BCUT2D eigenvalue weighted by atomic mass is 10.1. The molecule has 0 aliphatic carbocycles. The van der Waals surface area contributed by atoms with Crippen molar-refractivity contribution in [2.75, 3.05) is 7.11 Å². The molecule has 4 nitrogen and oxygen atoms in total. The molecule has 0 radical (unpaired) electrons. The molecule has 0 spiro atoms. The maximum atomic E-state index is 10.5. The molecule has 0 aliphatic heterocycles. The van der Waals surface area contributed by atoms with Crippen LogP contribution < -0.4 is 10.5 Å². The Morgan fingerprint density at radius 2 is 2.33 bits per heavy atom. The van der Waals surface area contributed by atoms with Gasteiger partial charge in [-0.1, -0.05) is 17.7 Å². The summed E-state index contributed by atoms with van der Waals surface area (Å²) in [7, 11) is 1.52. The van der Waals surface area contributed by atoms with Crippen LogP contribution in [0.5, 0.6) is 5.75 Å². The highest BCUT2D eigenvalue weighted by molar-refractivity contribution is 6.32. The van der Waals surface area contributed by atoms with E-state index in [9.17, 15) is 4.79 Å². The Morgan fingerprint density at radius 1 is 1.67 bits per heavy atom. The standard InChI is InChI=1S/C10H12ClNO3/c1-15-9-3-2-6(4-7(9)11)5-8(12)10(13)14/h2-4,8H,5,12H2,1H3,(H,13,14)/t8-/m1/s1. The molecule has 1 rings (SSSR count). The van der Waals surface area contributed by atoms with Gasteiger partial charge >= 0.3 is 5.97 Å². The van der Waals surface area contributed by atoms with Gasteiger partial charge in [0.1, 0.15) is 11.8 Å². The van der Waals surface area contributed by atoms with Gasteiger partial charge in [-0.3, -0.25) is 4.79 Å². The zero-order chi connectivity index (χ0) is 11.4. The average molecular weight is 230 g/mol. The first-order chi connectivity index (χ1) is 7.04. The number of hydrogen-bond donors (Lipinski definition) is 2. The lowest BCUT2D eigenvalue weighted by Gasteiger charge is -2.08. The van der Waals surface area contributed by atoms with Gasteiger partial charge in [-0.15, -0.1) is 0 Å². The summed E-state index contributed by atoms with van der Waals surface area (Å²) in [5.41, 5.74) is 6.17. The summed E-state index contributed by atoms with van der Waals surface area (Å²) in [5, 5.41) is 9.08. The number of benzene rings is 1. The summed E-state index contributed by atoms with van der Waals surface area (Å²) in [4.78, 5) is 10.5. The topological polar surface area (TPSA) is 72.5 Å². The Kier molecular flexibility index (Phi) is 3.94. The van der Waals surface area contributed by atoms with E-state index in [1.54, 1.807) is 18.2 Å². The SMILES string of the molecule is COc1ccc(C[C@@H](N)C(=O)O)cc1Cl. The number of methoxy groups -OCH3 is 1. The van der Waals surface area contributed by atoms with Crippen LogP contribution in [-0.4, -0.2) is 24.2 Å². The fourth-order valence-corrected chi connectivity index (χ4v) is 1.46.